The lowest BCUT2D eigenvalue weighted by molar-refractivity contribution is 1.21. The zero-order chi connectivity index (χ0) is 29.3. The molecule has 0 saturated carbocycles. The number of hydrogen-bond acceptors (Lipinski definition) is 3. The van der Waals surface area contributed by atoms with Gasteiger partial charge >= 0.3 is 0 Å². The highest BCUT2D eigenvalue weighted by atomic mass is 32.1. The topological polar surface area (TPSA) is 16.1 Å². The molecule has 0 aliphatic rings. The molecule has 0 spiro atoms. The number of pyridine rings is 1. The van der Waals surface area contributed by atoms with Crippen LogP contribution in [0.25, 0.3) is 53.7 Å². The lowest BCUT2D eigenvalue weighted by Crippen LogP contribution is -2.12. The van der Waals surface area contributed by atoms with Crippen LogP contribution in [0.5, 0.6) is 0 Å². The molecule has 44 heavy (non-hydrogen) atoms. The van der Waals surface area contributed by atoms with Crippen LogP contribution in [0, 0.1) is 0 Å². The van der Waals surface area contributed by atoms with Crippen molar-refractivity contribution in [1.82, 2.24) is 4.98 Å². The average molecular weight is 581 g/mol. The number of benzene rings is 6. The maximum Gasteiger partial charge on any atom is 0.138 e. The molecule has 0 N–H and O–H groups in total. The van der Waals surface area contributed by atoms with E-state index in [0.29, 0.717) is 0 Å². The molecule has 0 amide bonds. The molecule has 0 saturated heterocycles. The van der Waals surface area contributed by atoms with Crippen LogP contribution >= 0.6 is 11.3 Å². The smallest absolute Gasteiger partial charge is 0.138 e. The van der Waals surface area contributed by atoms with E-state index in [-0.39, 0.29) is 0 Å². The number of rotatable bonds is 6. The molecule has 0 unspecified atom stereocenters. The summed E-state index contributed by atoms with van der Waals surface area (Å²) in [4.78, 5) is 7.59. The van der Waals surface area contributed by atoms with Crippen LogP contribution in [0.15, 0.2) is 170 Å². The summed E-state index contributed by atoms with van der Waals surface area (Å²) in [5.41, 5.74) is 10.3. The van der Waals surface area contributed by atoms with Gasteiger partial charge in [-0.05, 0) is 64.2 Å². The fraction of sp³-hybridized carbons (Fsp3) is 0. The van der Waals surface area contributed by atoms with Gasteiger partial charge in [-0.25, -0.2) is 4.98 Å². The molecule has 2 heterocycles. The van der Waals surface area contributed by atoms with Gasteiger partial charge in [0.2, 0.25) is 0 Å². The molecule has 2 aromatic heterocycles. The van der Waals surface area contributed by atoms with Crippen molar-refractivity contribution in [3.8, 4) is 33.4 Å². The fourth-order valence-electron chi connectivity index (χ4n) is 5.92. The van der Waals surface area contributed by atoms with Crippen LogP contribution in [-0.2, 0) is 0 Å². The van der Waals surface area contributed by atoms with E-state index in [4.69, 9.17) is 4.98 Å². The Morgan fingerprint density at radius 2 is 0.955 bits per heavy atom. The van der Waals surface area contributed by atoms with E-state index >= 15 is 0 Å². The molecule has 0 atom stereocenters. The normalized spacial score (nSPS) is 11.2. The third-order valence-corrected chi connectivity index (χ3v) is 9.24. The zero-order valence-corrected chi connectivity index (χ0v) is 24.8. The zero-order valence-electron chi connectivity index (χ0n) is 24.0. The van der Waals surface area contributed by atoms with Crippen LogP contribution < -0.4 is 4.90 Å². The van der Waals surface area contributed by atoms with Gasteiger partial charge in [0.15, 0.2) is 0 Å². The number of hydrogen-bond donors (Lipinski definition) is 0. The van der Waals surface area contributed by atoms with Crippen molar-refractivity contribution in [2.75, 3.05) is 4.90 Å². The Morgan fingerprint density at radius 1 is 0.409 bits per heavy atom. The predicted octanol–water partition coefficient (Wildman–Crippen LogP) is 11.9. The van der Waals surface area contributed by atoms with Crippen LogP contribution in [-0.4, -0.2) is 4.98 Å². The molecule has 8 rings (SSSR count). The summed E-state index contributed by atoms with van der Waals surface area (Å²) in [6, 6.07) is 60.2. The van der Waals surface area contributed by atoms with Crippen molar-refractivity contribution in [3.63, 3.8) is 0 Å². The number of anilines is 3. The van der Waals surface area contributed by atoms with E-state index in [1.807, 2.05) is 0 Å². The minimum absolute atomic E-state index is 0.893. The lowest BCUT2D eigenvalue weighted by atomic mass is 9.99. The Balaban J connectivity index is 1.24. The molecule has 0 bridgehead atoms. The average Bonchev–Trinajstić information content (AvgIpc) is 3.48. The van der Waals surface area contributed by atoms with Gasteiger partial charge in [0.25, 0.3) is 0 Å². The van der Waals surface area contributed by atoms with Crippen LogP contribution in [0.3, 0.4) is 0 Å². The van der Waals surface area contributed by atoms with E-state index in [2.05, 4.69) is 175 Å². The maximum absolute atomic E-state index is 5.31. The highest BCUT2D eigenvalue weighted by Crippen LogP contribution is 2.42. The van der Waals surface area contributed by atoms with Gasteiger partial charge in [-0.1, -0.05) is 133 Å². The molecule has 2 nitrogen and oxygen atoms in total. The molecule has 8 aromatic rings. The first kappa shape index (κ1) is 26.1. The fourth-order valence-corrected chi connectivity index (χ4v) is 6.97. The third-order valence-electron chi connectivity index (χ3n) is 8.12. The van der Waals surface area contributed by atoms with Crippen molar-refractivity contribution < 1.29 is 0 Å². The monoisotopic (exact) mass is 580 g/mol. The second kappa shape index (κ2) is 11.3. The molecule has 0 aliphatic carbocycles. The first-order valence-corrected chi connectivity index (χ1v) is 15.6. The van der Waals surface area contributed by atoms with Crippen molar-refractivity contribution in [2.24, 2.45) is 0 Å². The molecule has 6 aromatic carbocycles. The first-order valence-electron chi connectivity index (χ1n) is 14.8. The standard InChI is InChI=1S/C41H28N2S/c1-3-11-29(12-4-1)30-19-21-31(22-20-30)32-23-25-34(26-24-32)43(37-17-9-7-15-35(37)33-13-5-2-6-14-33)40-28-27-39-41(42-40)36-16-8-10-18-38(36)44-39/h1-28H. The molecule has 3 heteroatoms. The SMILES string of the molecule is c1ccc(-c2ccc(-c3ccc(N(c4ccc5sc6ccccc6c5n4)c4ccccc4-c4ccccc4)cc3)cc2)cc1. The minimum Gasteiger partial charge on any atom is -0.294 e. The van der Waals surface area contributed by atoms with Crippen molar-refractivity contribution >= 4 is 48.8 Å². The molecular weight excluding hydrogens is 553 g/mol. The van der Waals surface area contributed by atoms with Crippen molar-refractivity contribution in [3.05, 3.63) is 170 Å². The number of para-hydroxylation sites is 1. The largest absolute Gasteiger partial charge is 0.294 e. The van der Waals surface area contributed by atoms with Crippen molar-refractivity contribution in [2.45, 2.75) is 0 Å². The summed E-state index contributed by atoms with van der Waals surface area (Å²) in [5.74, 6) is 0.893. The molecular formula is C41H28N2S. The summed E-state index contributed by atoms with van der Waals surface area (Å²) in [5, 5.41) is 1.19. The van der Waals surface area contributed by atoms with Gasteiger partial charge in [0.05, 0.1) is 15.9 Å². The quantitative estimate of drug-likeness (QED) is 0.194. The Bertz CT molecular complexity index is 2200. The number of thiophene rings is 1. The van der Waals surface area contributed by atoms with Crippen LogP contribution in [0.4, 0.5) is 17.2 Å². The van der Waals surface area contributed by atoms with Gasteiger partial charge in [-0.3, -0.25) is 4.90 Å². The van der Waals surface area contributed by atoms with Gasteiger partial charge in [0.1, 0.15) is 5.82 Å². The number of aromatic nitrogens is 1. The lowest BCUT2D eigenvalue weighted by Gasteiger charge is -2.27. The second-order valence-corrected chi connectivity index (χ2v) is 11.9. The second-order valence-electron chi connectivity index (χ2n) is 10.8. The minimum atomic E-state index is 0.893. The molecule has 0 aliphatic heterocycles. The highest BCUT2D eigenvalue weighted by molar-refractivity contribution is 7.25. The summed E-state index contributed by atoms with van der Waals surface area (Å²) in [6.45, 7) is 0. The Morgan fingerprint density at radius 3 is 1.66 bits per heavy atom. The number of fused-ring (bicyclic) bond motifs is 3. The van der Waals surface area contributed by atoms with E-state index in [9.17, 15) is 0 Å². The van der Waals surface area contributed by atoms with E-state index in [1.165, 1.54) is 42.6 Å². The van der Waals surface area contributed by atoms with Gasteiger partial charge < -0.3 is 0 Å². The van der Waals surface area contributed by atoms with E-state index < -0.39 is 0 Å². The summed E-state index contributed by atoms with van der Waals surface area (Å²) in [6.07, 6.45) is 0. The summed E-state index contributed by atoms with van der Waals surface area (Å²) < 4.78 is 2.45. The van der Waals surface area contributed by atoms with Crippen molar-refractivity contribution in [1.29, 1.82) is 0 Å². The Labute approximate surface area is 261 Å². The van der Waals surface area contributed by atoms with Crippen LogP contribution in [0.2, 0.25) is 0 Å². The maximum atomic E-state index is 5.31. The molecule has 208 valence electrons. The van der Waals surface area contributed by atoms with Crippen LogP contribution in [0.1, 0.15) is 0 Å². The first-order chi connectivity index (χ1) is 21.8. The van der Waals surface area contributed by atoms with E-state index in [0.717, 1.165) is 28.3 Å². The van der Waals surface area contributed by atoms with Gasteiger partial charge in [-0.15, -0.1) is 11.3 Å². The Hall–Kier alpha value is -5.51. The summed E-state index contributed by atoms with van der Waals surface area (Å²) in [7, 11) is 0. The van der Waals surface area contributed by atoms with E-state index in [1.54, 1.807) is 11.3 Å². The third kappa shape index (κ3) is 4.84. The molecule has 0 radical (unpaired) electrons. The van der Waals surface area contributed by atoms with Gasteiger partial charge in [-0.2, -0.15) is 0 Å². The number of nitrogens with zero attached hydrogens (tertiary/aromatic N) is 2. The predicted molar refractivity (Wildman–Crippen MR) is 188 cm³/mol. The molecule has 0 fully saturated rings. The van der Waals surface area contributed by atoms with Gasteiger partial charge in [0, 0.05) is 21.3 Å². The summed E-state index contributed by atoms with van der Waals surface area (Å²) >= 11 is 1.79. The highest BCUT2D eigenvalue weighted by Gasteiger charge is 2.19. The Kier molecular flexibility index (Phi) is 6.71.